The predicted molar refractivity (Wildman–Crippen MR) is 115 cm³/mol. The minimum Gasteiger partial charge on any atom is -0.465 e. The molecule has 0 aliphatic rings. The van der Waals surface area contributed by atoms with Crippen LogP contribution >= 0.6 is 21.6 Å². The summed E-state index contributed by atoms with van der Waals surface area (Å²) in [4.78, 5) is 25.0. The molecule has 0 aliphatic heterocycles. The van der Waals surface area contributed by atoms with Gasteiger partial charge in [-0.2, -0.15) is 0 Å². The van der Waals surface area contributed by atoms with E-state index in [-0.39, 0.29) is 25.0 Å². The van der Waals surface area contributed by atoms with Crippen LogP contribution in [0.25, 0.3) is 0 Å². The first-order chi connectivity index (χ1) is 13.6. The second-order valence-electron chi connectivity index (χ2n) is 5.54. The smallest absolute Gasteiger partial charge is 0.325 e. The third kappa shape index (κ3) is 8.14. The summed E-state index contributed by atoms with van der Waals surface area (Å²) in [6.07, 6.45) is 0. The van der Waals surface area contributed by atoms with Crippen molar-refractivity contribution in [3.05, 3.63) is 48.5 Å². The topological polar surface area (TPSA) is 76.7 Å². The predicted octanol–water partition coefficient (Wildman–Crippen LogP) is 4.44. The molecule has 0 unspecified atom stereocenters. The third-order valence-electron chi connectivity index (χ3n) is 3.39. The Morgan fingerprint density at radius 3 is 1.61 bits per heavy atom. The monoisotopic (exact) mass is 420 g/mol. The zero-order valence-corrected chi connectivity index (χ0v) is 17.5. The van der Waals surface area contributed by atoms with E-state index in [0.717, 1.165) is 21.2 Å². The molecule has 0 spiro atoms. The molecule has 6 nitrogen and oxygen atoms in total. The van der Waals surface area contributed by atoms with E-state index in [1.165, 1.54) is 0 Å². The lowest BCUT2D eigenvalue weighted by Gasteiger charge is -2.09. The van der Waals surface area contributed by atoms with Gasteiger partial charge in [0.2, 0.25) is 0 Å². The van der Waals surface area contributed by atoms with Gasteiger partial charge in [0.25, 0.3) is 0 Å². The molecule has 0 amide bonds. The number of anilines is 2. The van der Waals surface area contributed by atoms with Gasteiger partial charge in [-0.3, -0.25) is 9.59 Å². The van der Waals surface area contributed by atoms with E-state index in [4.69, 9.17) is 9.47 Å². The van der Waals surface area contributed by atoms with Crippen LogP contribution < -0.4 is 10.6 Å². The highest BCUT2D eigenvalue weighted by molar-refractivity contribution is 8.76. The zero-order chi connectivity index (χ0) is 20.2. The lowest BCUT2D eigenvalue weighted by atomic mass is 10.3. The van der Waals surface area contributed by atoms with E-state index in [1.54, 1.807) is 35.4 Å². The molecule has 2 aromatic rings. The van der Waals surface area contributed by atoms with Crippen molar-refractivity contribution in [2.75, 3.05) is 36.9 Å². The van der Waals surface area contributed by atoms with Crippen LogP contribution in [0.4, 0.5) is 11.4 Å². The van der Waals surface area contributed by atoms with Gasteiger partial charge in [0.1, 0.15) is 13.1 Å². The average molecular weight is 421 g/mol. The molecule has 0 atom stereocenters. The maximum Gasteiger partial charge on any atom is 0.325 e. The Labute approximate surface area is 173 Å². The molecule has 2 aromatic carbocycles. The number of ether oxygens (including phenoxy) is 2. The van der Waals surface area contributed by atoms with Gasteiger partial charge in [0, 0.05) is 21.2 Å². The Bertz CT molecular complexity index is 721. The quantitative estimate of drug-likeness (QED) is 0.408. The fraction of sp³-hybridized carbons (Fsp3) is 0.300. The average Bonchev–Trinajstić information content (AvgIpc) is 2.70. The summed E-state index contributed by atoms with van der Waals surface area (Å²) >= 11 is 0. The molecule has 28 heavy (non-hydrogen) atoms. The van der Waals surface area contributed by atoms with Crippen molar-refractivity contribution in [1.82, 2.24) is 0 Å². The molecule has 2 N–H and O–H groups in total. The molecule has 8 heteroatoms. The number of nitrogens with one attached hydrogen (secondary N) is 2. The fourth-order valence-corrected chi connectivity index (χ4v) is 4.19. The van der Waals surface area contributed by atoms with E-state index in [2.05, 4.69) is 10.6 Å². The maximum absolute atomic E-state index is 11.4. The SMILES string of the molecule is CCOC(=O)CNc1cccc(SSc2cccc(NCC(=O)OCC)c2)c1. The Balaban J connectivity index is 1.86. The van der Waals surface area contributed by atoms with Gasteiger partial charge < -0.3 is 20.1 Å². The number of hydrogen-bond donors (Lipinski definition) is 2. The summed E-state index contributed by atoms with van der Waals surface area (Å²) in [6, 6.07) is 15.7. The molecule has 0 saturated heterocycles. The summed E-state index contributed by atoms with van der Waals surface area (Å²) in [5, 5.41) is 6.13. The van der Waals surface area contributed by atoms with Gasteiger partial charge in [-0.1, -0.05) is 33.7 Å². The standard InChI is InChI=1S/C20H24N2O4S2/c1-3-25-19(23)13-21-15-7-5-9-17(11-15)27-28-18-10-6-8-16(12-18)22-14-20(24)26-4-2/h5-12,21-22H,3-4,13-14H2,1-2H3. The number of carbonyl (C=O) groups excluding carboxylic acids is 2. The van der Waals surface area contributed by atoms with Crippen molar-refractivity contribution in [2.45, 2.75) is 23.6 Å². The summed E-state index contributed by atoms with van der Waals surface area (Å²) in [7, 11) is 3.23. The Morgan fingerprint density at radius 1 is 0.786 bits per heavy atom. The van der Waals surface area contributed by atoms with Crippen molar-refractivity contribution in [3.8, 4) is 0 Å². The maximum atomic E-state index is 11.4. The van der Waals surface area contributed by atoms with Gasteiger partial charge in [0.05, 0.1) is 13.2 Å². The lowest BCUT2D eigenvalue weighted by Crippen LogP contribution is -2.16. The Morgan fingerprint density at radius 2 is 1.21 bits per heavy atom. The largest absolute Gasteiger partial charge is 0.465 e. The van der Waals surface area contributed by atoms with E-state index in [9.17, 15) is 9.59 Å². The summed E-state index contributed by atoms with van der Waals surface area (Å²) in [5.74, 6) is -0.552. The minimum absolute atomic E-state index is 0.142. The second-order valence-corrected chi connectivity index (χ2v) is 7.82. The lowest BCUT2D eigenvalue weighted by molar-refractivity contribution is -0.141. The fourth-order valence-electron chi connectivity index (χ4n) is 2.18. The van der Waals surface area contributed by atoms with Crippen LogP contribution in [-0.4, -0.2) is 38.2 Å². The molecule has 2 rings (SSSR count). The first-order valence-corrected chi connectivity index (χ1v) is 11.1. The van der Waals surface area contributed by atoms with Crippen LogP contribution in [0, 0.1) is 0 Å². The van der Waals surface area contributed by atoms with Crippen molar-refractivity contribution < 1.29 is 19.1 Å². The van der Waals surface area contributed by atoms with Crippen molar-refractivity contribution >= 4 is 44.9 Å². The molecular formula is C20H24N2O4S2. The third-order valence-corrected chi connectivity index (χ3v) is 5.77. The van der Waals surface area contributed by atoms with Crippen LogP contribution in [0.3, 0.4) is 0 Å². The molecule has 0 fully saturated rings. The summed E-state index contributed by atoms with van der Waals surface area (Å²) in [5.41, 5.74) is 1.73. The number of esters is 2. The van der Waals surface area contributed by atoms with Crippen molar-refractivity contribution in [1.29, 1.82) is 0 Å². The van der Waals surface area contributed by atoms with Crippen LogP contribution in [0.2, 0.25) is 0 Å². The normalized spacial score (nSPS) is 10.2. The molecule has 0 heterocycles. The molecule has 0 radical (unpaired) electrons. The van der Waals surface area contributed by atoms with Gasteiger partial charge in [-0.05, 0) is 50.2 Å². The van der Waals surface area contributed by atoms with E-state index < -0.39 is 0 Å². The zero-order valence-electron chi connectivity index (χ0n) is 15.9. The highest BCUT2D eigenvalue weighted by atomic mass is 33.1. The molecule has 0 aromatic heterocycles. The molecule has 0 aliphatic carbocycles. The van der Waals surface area contributed by atoms with Crippen molar-refractivity contribution in [3.63, 3.8) is 0 Å². The molecule has 150 valence electrons. The Hall–Kier alpha value is -2.32. The number of benzene rings is 2. The first kappa shape index (κ1) is 22.0. The highest BCUT2D eigenvalue weighted by Crippen LogP contribution is 2.38. The van der Waals surface area contributed by atoms with E-state index in [0.29, 0.717) is 13.2 Å². The number of rotatable bonds is 11. The molecule has 0 saturated carbocycles. The van der Waals surface area contributed by atoms with E-state index >= 15 is 0 Å². The first-order valence-electron chi connectivity index (χ1n) is 8.94. The van der Waals surface area contributed by atoms with Gasteiger partial charge in [0.15, 0.2) is 0 Å². The van der Waals surface area contributed by atoms with Crippen LogP contribution in [0.1, 0.15) is 13.8 Å². The number of hydrogen-bond acceptors (Lipinski definition) is 8. The summed E-state index contributed by atoms with van der Waals surface area (Å²) < 4.78 is 9.83. The van der Waals surface area contributed by atoms with Crippen LogP contribution in [0.5, 0.6) is 0 Å². The van der Waals surface area contributed by atoms with Gasteiger partial charge >= 0.3 is 11.9 Å². The van der Waals surface area contributed by atoms with Gasteiger partial charge in [-0.25, -0.2) is 0 Å². The van der Waals surface area contributed by atoms with Gasteiger partial charge in [-0.15, -0.1) is 0 Å². The molecule has 0 bridgehead atoms. The van der Waals surface area contributed by atoms with Crippen LogP contribution in [-0.2, 0) is 19.1 Å². The Kier molecular flexibility index (Phi) is 9.57. The van der Waals surface area contributed by atoms with E-state index in [1.807, 2.05) is 48.5 Å². The molecular weight excluding hydrogens is 396 g/mol. The van der Waals surface area contributed by atoms with Crippen LogP contribution in [0.15, 0.2) is 58.3 Å². The van der Waals surface area contributed by atoms with Crippen molar-refractivity contribution in [2.24, 2.45) is 0 Å². The highest BCUT2D eigenvalue weighted by Gasteiger charge is 2.05. The second kappa shape index (κ2) is 12.2. The minimum atomic E-state index is -0.276. The number of carbonyl (C=O) groups is 2. The summed E-state index contributed by atoms with van der Waals surface area (Å²) in [6.45, 7) is 4.61.